The van der Waals surface area contributed by atoms with Crippen LogP contribution in [0.2, 0.25) is 5.02 Å². The molecule has 0 aliphatic heterocycles. The molecule has 0 aliphatic rings. The van der Waals surface area contributed by atoms with Crippen molar-refractivity contribution in [3.8, 4) is 5.75 Å². The minimum Gasteiger partial charge on any atom is -0.497 e. The van der Waals surface area contributed by atoms with Gasteiger partial charge < -0.3 is 10.1 Å². The Morgan fingerprint density at radius 1 is 1.03 bits per heavy atom. The Morgan fingerprint density at radius 3 is 2.39 bits per heavy atom. The highest BCUT2D eigenvalue weighted by Gasteiger charge is 2.39. The van der Waals surface area contributed by atoms with Gasteiger partial charge in [0.25, 0.3) is 0 Å². The van der Waals surface area contributed by atoms with Gasteiger partial charge in [0.2, 0.25) is 5.91 Å². The number of halogens is 1. The van der Waals surface area contributed by atoms with E-state index in [-0.39, 0.29) is 11.8 Å². The van der Waals surface area contributed by atoms with E-state index < -0.39 is 5.41 Å². The highest BCUT2D eigenvalue weighted by atomic mass is 35.5. The topological polar surface area (TPSA) is 51.2 Å². The molecule has 1 N–H and O–H groups in total. The van der Waals surface area contributed by atoms with Crippen molar-refractivity contribution in [1.82, 2.24) is 4.98 Å². The van der Waals surface area contributed by atoms with E-state index in [1.54, 1.807) is 13.2 Å². The number of nitrogens with zero attached hydrogens (tertiary/aromatic N) is 1. The number of amides is 1. The minimum atomic E-state index is -0.745. The average Bonchev–Trinajstić information content (AvgIpc) is 3.16. The summed E-state index contributed by atoms with van der Waals surface area (Å²) in [6, 6.07) is 23.5. The molecule has 1 unspecified atom stereocenters. The standard InChI is InChI=1S/C25H23ClN2O2S/c1-25(2,23(29)28-24-27-20-14-11-18(26)15-21(20)31-24)22(16-7-5-4-6-8-16)17-9-12-19(30-3)13-10-17/h4-15,22H,1-3H3,(H,27,28,29). The van der Waals surface area contributed by atoms with E-state index in [4.69, 9.17) is 16.3 Å². The maximum Gasteiger partial charge on any atom is 0.232 e. The molecule has 31 heavy (non-hydrogen) atoms. The lowest BCUT2D eigenvalue weighted by Crippen LogP contribution is -2.37. The fourth-order valence-corrected chi connectivity index (χ4v) is 4.95. The predicted octanol–water partition coefficient (Wildman–Crippen LogP) is 6.76. The van der Waals surface area contributed by atoms with Crippen LogP contribution in [0.3, 0.4) is 0 Å². The van der Waals surface area contributed by atoms with Crippen LogP contribution in [0, 0.1) is 5.41 Å². The number of ether oxygens (including phenoxy) is 1. The molecule has 0 fully saturated rings. The van der Waals surface area contributed by atoms with Gasteiger partial charge in [0.05, 0.1) is 22.7 Å². The van der Waals surface area contributed by atoms with Crippen LogP contribution in [0.4, 0.5) is 5.13 Å². The second-order valence-corrected chi connectivity index (χ2v) is 9.39. The van der Waals surface area contributed by atoms with Crippen LogP contribution in [-0.4, -0.2) is 18.0 Å². The van der Waals surface area contributed by atoms with Crippen LogP contribution >= 0.6 is 22.9 Å². The number of rotatable bonds is 6. The van der Waals surface area contributed by atoms with Gasteiger partial charge in [-0.25, -0.2) is 4.98 Å². The van der Waals surface area contributed by atoms with E-state index in [0.29, 0.717) is 10.2 Å². The Hall–Kier alpha value is -2.89. The number of fused-ring (bicyclic) bond motifs is 1. The molecule has 6 heteroatoms. The quantitative estimate of drug-likeness (QED) is 0.353. The monoisotopic (exact) mass is 450 g/mol. The van der Waals surface area contributed by atoms with E-state index in [1.165, 1.54) is 11.3 Å². The molecular weight excluding hydrogens is 428 g/mol. The zero-order chi connectivity index (χ0) is 22.0. The molecule has 3 aromatic carbocycles. The van der Waals surface area contributed by atoms with Gasteiger partial charge in [-0.1, -0.05) is 79.2 Å². The van der Waals surface area contributed by atoms with Gasteiger partial charge in [0.1, 0.15) is 5.75 Å². The fourth-order valence-electron chi connectivity index (χ4n) is 3.81. The highest BCUT2D eigenvalue weighted by Crippen LogP contribution is 2.42. The zero-order valence-electron chi connectivity index (χ0n) is 17.6. The van der Waals surface area contributed by atoms with Crippen molar-refractivity contribution in [2.24, 2.45) is 5.41 Å². The second-order valence-electron chi connectivity index (χ2n) is 7.92. The molecule has 0 spiro atoms. The third-order valence-electron chi connectivity index (χ3n) is 5.46. The van der Waals surface area contributed by atoms with Crippen LogP contribution in [-0.2, 0) is 4.79 Å². The Bertz CT molecular complexity index is 1200. The maximum atomic E-state index is 13.5. The molecule has 4 aromatic rings. The number of aromatic nitrogens is 1. The summed E-state index contributed by atoms with van der Waals surface area (Å²) in [6.45, 7) is 3.93. The lowest BCUT2D eigenvalue weighted by Gasteiger charge is -2.33. The first-order valence-corrected chi connectivity index (χ1v) is 11.1. The van der Waals surface area contributed by atoms with Crippen molar-refractivity contribution < 1.29 is 9.53 Å². The summed E-state index contributed by atoms with van der Waals surface area (Å²) in [5.41, 5.74) is 2.19. The van der Waals surface area contributed by atoms with E-state index in [1.807, 2.05) is 68.4 Å². The Balaban J connectivity index is 1.68. The molecule has 0 saturated heterocycles. The van der Waals surface area contributed by atoms with E-state index >= 15 is 0 Å². The van der Waals surface area contributed by atoms with Crippen molar-refractivity contribution in [2.75, 3.05) is 12.4 Å². The molecule has 4 nitrogen and oxygen atoms in total. The smallest absolute Gasteiger partial charge is 0.232 e. The summed E-state index contributed by atoms with van der Waals surface area (Å²) < 4.78 is 6.25. The second kappa shape index (κ2) is 8.69. The van der Waals surface area contributed by atoms with E-state index in [0.717, 1.165) is 27.1 Å². The van der Waals surface area contributed by atoms with Gasteiger partial charge >= 0.3 is 0 Å². The zero-order valence-corrected chi connectivity index (χ0v) is 19.1. The van der Waals surface area contributed by atoms with Crippen LogP contribution in [0.5, 0.6) is 5.75 Å². The third kappa shape index (κ3) is 4.43. The van der Waals surface area contributed by atoms with Crippen molar-refractivity contribution in [3.05, 3.63) is 88.9 Å². The largest absolute Gasteiger partial charge is 0.497 e. The number of benzene rings is 3. The van der Waals surface area contributed by atoms with Crippen molar-refractivity contribution in [3.63, 3.8) is 0 Å². The lowest BCUT2D eigenvalue weighted by atomic mass is 9.70. The molecule has 0 aliphatic carbocycles. The lowest BCUT2D eigenvalue weighted by molar-refractivity contribution is -0.124. The Kier molecular flexibility index (Phi) is 5.99. The summed E-state index contributed by atoms with van der Waals surface area (Å²) in [6.07, 6.45) is 0. The average molecular weight is 451 g/mol. The van der Waals surface area contributed by atoms with Crippen LogP contribution in [0.1, 0.15) is 30.9 Å². The molecule has 1 heterocycles. The van der Waals surface area contributed by atoms with Crippen molar-refractivity contribution in [1.29, 1.82) is 0 Å². The summed E-state index contributed by atoms with van der Waals surface area (Å²) >= 11 is 7.51. The molecule has 1 aromatic heterocycles. The predicted molar refractivity (Wildman–Crippen MR) is 128 cm³/mol. The van der Waals surface area contributed by atoms with Gasteiger partial charge in [0.15, 0.2) is 5.13 Å². The van der Waals surface area contributed by atoms with Gasteiger partial charge in [-0.05, 0) is 41.5 Å². The molecule has 1 amide bonds. The number of anilines is 1. The first kappa shape index (κ1) is 21.3. The Labute approximate surface area is 190 Å². The van der Waals surface area contributed by atoms with Crippen LogP contribution < -0.4 is 10.1 Å². The number of hydrogen-bond acceptors (Lipinski definition) is 4. The number of carbonyl (C=O) groups excluding carboxylic acids is 1. The Morgan fingerprint density at radius 2 is 1.71 bits per heavy atom. The molecule has 1 atom stereocenters. The minimum absolute atomic E-state index is 0.0951. The number of thiazole rings is 1. The number of methoxy groups -OCH3 is 1. The summed E-state index contributed by atoms with van der Waals surface area (Å²) in [5.74, 6) is 0.539. The van der Waals surface area contributed by atoms with Gasteiger partial charge in [-0.3, -0.25) is 4.79 Å². The summed E-state index contributed by atoms with van der Waals surface area (Å²) in [5, 5.41) is 4.25. The third-order valence-corrected chi connectivity index (χ3v) is 6.63. The molecule has 0 radical (unpaired) electrons. The van der Waals surface area contributed by atoms with E-state index in [2.05, 4.69) is 22.4 Å². The van der Waals surface area contributed by atoms with Gasteiger partial charge in [0, 0.05) is 10.9 Å². The van der Waals surface area contributed by atoms with E-state index in [9.17, 15) is 4.79 Å². The molecule has 0 bridgehead atoms. The normalized spacial score (nSPS) is 12.5. The van der Waals surface area contributed by atoms with Crippen LogP contribution in [0.25, 0.3) is 10.2 Å². The molecular formula is C25H23ClN2O2S. The molecule has 158 valence electrons. The first-order chi connectivity index (χ1) is 14.9. The molecule has 0 saturated carbocycles. The number of hydrogen-bond donors (Lipinski definition) is 1. The molecule has 4 rings (SSSR count). The summed E-state index contributed by atoms with van der Waals surface area (Å²) in [4.78, 5) is 18.0. The SMILES string of the molecule is COc1ccc(C(c2ccccc2)C(C)(C)C(=O)Nc2nc3ccc(Cl)cc3s2)cc1. The highest BCUT2D eigenvalue weighted by molar-refractivity contribution is 7.22. The van der Waals surface area contributed by atoms with Gasteiger partial charge in [-0.15, -0.1) is 0 Å². The fraction of sp³-hybridized carbons (Fsp3) is 0.200. The number of carbonyl (C=O) groups is 1. The van der Waals surface area contributed by atoms with Crippen molar-refractivity contribution in [2.45, 2.75) is 19.8 Å². The van der Waals surface area contributed by atoms with Gasteiger partial charge in [-0.2, -0.15) is 0 Å². The summed E-state index contributed by atoms with van der Waals surface area (Å²) in [7, 11) is 1.65. The maximum absolute atomic E-state index is 13.5. The van der Waals surface area contributed by atoms with Crippen molar-refractivity contribution >= 4 is 44.2 Å². The number of nitrogens with one attached hydrogen (secondary N) is 1. The van der Waals surface area contributed by atoms with Crippen LogP contribution in [0.15, 0.2) is 72.8 Å². The first-order valence-electron chi connectivity index (χ1n) is 9.95.